The first kappa shape index (κ1) is 10.7. The molecule has 0 aliphatic carbocycles. The molecular formula is C10H12ClN3S. The molecule has 0 amide bonds. The third kappa shape index (κ3) is 1.93. The van der Waals surface area contributed by atoms with Gasteiger partial charge < -0.3 is 5.32 Å². The van der Waals surface area contributed by atoms with Gasteiger partial charge in [0.15, 0.2) is 0 Å². The minimum absolute atomic E-state index is 0.116. The fourth-order valence-corrected chi connectivity index (χ4v) is 2.73. The summed E-state index contributed by atoms with van der Waals surface area (Å²) >= 11 is 7.83. The zero-order valence-electron chi connectivity index (χ0n) is 8.57. The fraction of sp³-hybridized carbons (Fsp3) is 0.300. The van der Waals surface area contributed by atoms with Crippen LogP contribution >= 0.6 is 22.9 Å². The first-order valence-corrected chi connectivity index (χ1v) is 5.88. The van der Waals surface area contributed by atoms with Crippen LogP contribution in [0.1, 0.15) is 16.6 Å². The van der Waals surface area contributed by atoms with Gasteiger partial charge in [0.05, 0.1) is 23.0 Å². The molecule has 0 radical (unpaired) electrons. The van der Waals surface area contributed by atoms with Crippen LogP contribution in [0.2, 0.25) is 5.02 Å². The normalized spacial score (nSPS) is 13.0. The summed E-state index contributed by atoms with van der Waals surface area (Å²) in [6.07, 6.45) is 1.68. The van der Waals surface area contributed by atoms with Gasteiger partial charge >= 0.3 is 0 Å². The van der Waals surface area contributed by atoms with Crippen molar-refractivity contribution in [1.29, 1.82) is 0 Å². The van der Waals surface area contributed by atoms with Crippen molar-refractivity contribution >= 4 is 22.9 Å². The molecule has 0 aliphatic heterocycles. The Labute approximate surface area is 97.7 Å². The van der Waals surface area contributed by atoms with Crippen molar-refractivity contribution in [2.45, 2.75) is 6.04 Å². The average molecular weight is 242 g/mol. The van der Waals surface area contributed by atoms with E-state index < -0.39 is 0 Å². The van der Waals surface area contributed by atoms with Crippen molar-refractivity contribution in [3.8, 4) is 0 Å². The van der Waals surface area contributed by atoms with Crippen molar-refractivity contribution in [3.05, 3.63) is 39.3 Å². The predicted octanol–water partition coefficient (Wildman–Crippen LogP) is 2.44. The van der Waals surface area contributed by atoms with Gasteiger partial charge in [0, 0.05) is 11.9 Å². The van der Waals surface area contributed by atoms with Gasteiger partial charge in [0.2, 0.25) is 0 Å². The van der Waals surface area contributed by atoms with Gasteiger partial charge in [-0.2, -0.15) is 5.10 Å². The Morgan fingerprint density at radius 2 is 2.40 bits per heavy atom. The molecule has 3 nitrogen and oxygen atoms in total. The minimum Gasteiger partial charge on any atom is -0.307 e. The smallest absolute Gasteiger partial charge is 0.0854 e. The second-order valence-corrected chi connectivity index (χ2v) is 4.62. The van der Waals surface area contributed by atoms with Crippen LogP contribution in [0.3, 0.4) is 0 Å². The molecule has 2 aromatic heterocycles. The highest BCUT2D eigenvalue weighted by molar-refractivity contribution is 7.10. The van der Waals surface area contributed by atoms with Crippen molar-refractivity contribution < 1.29 is 0 Å². The van der Waals surface area contributed by atoms with Crippen molar-refractivity contribution in [2.75, 3.05) is 7.05 Å². The van der Waals surface area contributed by atoms with Gasteiger partial charge in [-0.15, -0.1) is 11.3 Å². The molecule has 0 bridgehead atoms. The number of hydrogen-bond donors (Lipinski definition) is 1. The third-order valence-corrected chi connectivity index (χ3v) is 3.56. The number of aryl methyl sites for hydroxylation is 1. The van der Waals surface area contributed by atoms with E-state index in [9.17, 15) is 0 Å². The number of hydrogen-bond acceptors (Lipinski definition) is 3. The first-order valence-electron chi connectivity index (χ1n) is 4.62. The van der Waals surface area contributed by atoms with Gasteiger partial charge in [0.1, 0.15) is 0 Å². The van der Waals surface area contributed by atoms with Crippen LogP contribution in [0, 0.1) is 0 Å². The number of halogens is 1. The van der Waals surface area contributed by atoms with Crippen molar-refractivity contribution in [1.82, 2.24) is 15.1 Å². The average Bonchev–Trinajstić information content (AvgIpc) is 2.83. The Morgan fingerprint density at radius 1 is 1.60 bits per heavy atom. The second kappa shape index (κ2) is 4.35. The topological polar surface area (TPSA) is 29.9 Å². The Kier molecular flexibility index (Phi) is 3.09. The Bertz CT molecular complexity index is 416. The SMILES string of the molecule is CNC(c1cccs1)c1c(Cl)cnn1C. The molecule has 0 aliphatic rings. The summed E-state index contributed by atoms with van der Waals surface area (Å²) in [7, 11) is 3.83. The van der Waals surface area contributed by atoms with Gasteiger partial charge in [0.25, 0.3) is 0 Å². The summed E-state index contributed by atoms with van der Waals surface area (Å²) in [5.41, 5.74) is 1.00. The molecule has 2 rings (SSSR count). The van der Waals surface area contributed by atoms with Gasteiger partial charge in [-0.05, 0) is 18.5 Å². The molecule has 0 fully saturated rings. The van der Waals surface area contributed by atoms with Crippen LogP contribution in [-0.2, 0) is 7.05 Å². The largest absolute Gasteiger partial charge is 0.307 e. The van der Waals surface area contributed by atoms with Gasteiger partial charge in [-0.25, -0.2) is 0 Å². The molecular weight excluding hydrogens is 230 g/mol. The van der Waals surface area contributed by atoms with E-state index in [1.165, 1.54) is 4.88 Å². The summed E-state index contributed by atoms with van der Waals surface area (Å²) in [5.74, 6) is 0. The fourth-order valence-electron chi connectivity index (χ4n) is 1.61. The van der Waals surface area contributed by atoms with Crippen LogP contribution < -0.4 is 5.32 Å². The number of aromatic nitrogens is 2. The third-order valence-electron chi connectivity index (χ3n) is 2.33. The van der Waals surface area contributed by atoms with Crippen molar-refractivity contribution in [2.24, 2.45) is 7.05 Å². The molecule has 2 aromatic rings. The number of thiophene rings is 1. The number of rotatable bonds is 3. The Morgan fingerprint density at radius 3 is 2.87 bits per heavy atom. The molecule has 0 spiro atoms. The van der Waals surface area contributed by atoms with E-state index in [0.29, 0.717) is 5.02 Å². The molecule has 2 heterocycles. The molecule has 0 saturated carbocycles. The molecule has 80 valence electrons. The predicted molar refractivity (Wildman–Crippen MR) is 63.4 cm³/mol. The highest BCUT2D eigenvalue weighted by Gasteiger charge is 2.19. The van der Waals surface area contributed by atoms with E-state index >= 15 is 0 Å². The Hall–Kier alpha value is -0.840. The monoisotopic (exact) mass is 241 g/mol. The minimum atomic E-state index is 0.116. The molecule has 1 atom stereocenters. The quantitative estimate of drug-likeness (QED) is 0.895. The second-order valence-electron chi connectivity index (χ2n) is 3.24. The first-order chi connectivity index (χ1) is 7.24. The lowest BCUT2D eigenvalue weighted by molar-refractivity contribution is 0.613. The highest BCUT2D eigenvalue weighted by atomic mass is 35.5. The van der Waals surface area contributed by atoms with E-state index in [1.54, 1.807) is 17.5 Å². The van der Waals surface area contributed by atoms with Gasteiger partial charge in [-0.1, -0.05) is 17.7 Å². The lowest BCUT2D eigenvalue weighted by Gasteiger charge is -2.15. The maximum absolute atomic E-state index is 6.12. The van der Waals surface area contributed by atoms with E-state index in [1.807, 2.05) is 24.8 Å². The lowest BCUT2D eigenvalue weighted by Crippen LogP contribution is -2.19. The summed E-state index contributed by atoms with van der Waals surface area (Å²) < 4.78 is 1.81. The molecule has 15 heavy (non-hydrogen) atoms. The maximum atomic E-state index is 6.12. The van der Waals surface area contributed by atoms with Crippen LogP contribution in [0.15, 0.2) is 23.7 Å². The van der Waals surface area contributed by atoms with E-state index in [-0.39, 0.29) is 6.04 Å². The van der Waals surface area contributed by atoms with Crippen LogP contribution in [-0.4, -0.2) is 16.8 Å². The molecule has 1 unspecified atom stereocenters. The zero-order valence-corrected chi connectivity index (χ0v) is 10.1. The summed E-state index contributed by atoms with van der Waals surface area (Å²) in [4.78, 5) is 1.24. The highest BCUT2D eigenvalue weighted by Crippen LogP contribution is 2.29. The molecule has 0 aromatic carbocycles. The van der Waals surface area contributed by atoms with E-state index in [2.05, 4.69) is 21.9 Å². The van der Waals surface area contributed by atoms with E-state index in [0.717, 1.165) is 5.69 Å². The summed E-state index contributed by atoms with van der Waals surface area (Å²) in [6, 6.07) is 4.24. The van der Waals surface area contributed by atoms with E-state index in [4.69, 9.17) is 11.6 Å². The summed E-state index contributed by atoms with van der Waals surface area (Å²) in [6.45, 7) is 0. The van der Waals surface area contributed by atoms with Crippen molar-refractivity contribution in [3.63, 3.8) is 0 Å². The lowest BCUT2D eigenvalue weighted by atomic mass is 10.2. The van der Waals surface area contributed by atoms with Crippen LogP contribution in [0.5, 0.6) is 0 Å². The molecule has 5 heteroatoms. The van der Waals surface area contributed by atoms with Crippen LogP contribution in [0.4, 0.5) is 0 Å². The zero-order chi connectivity index (χ0) is 10.8. The maximum Gasteiger partial charge on any atom is 0.0854 e. The standard InChI is InChI=1S/C10H12ClN3S/c1-12-9(8-4-3-5-15-8)10-7(11)6-13-14(10)2/h3-6,9,12H,1-2H3. The van der Waals surface area contributed by atoms with Crippen LogP contribution in [0.25, 0.3) is 0 Å². The number of nitrogens with one attached hydrogen (secondary N) is 1. The number of nitrogens with zero attached hydrogens (tertiary/aromatic N) is 2. The Balaban J connectivity index is 2.44. The molecule has 0 saturated heterocycles. The molecule has 1 N–H and O–H groups in total. The summed E-state index contributed by atoms with van der Waals surface area (Å²) in [5, 5.41) is 10.2. The van der Waals surface area contributed by atoms with Gasteiger partial charge in [-0.3, -0.25) is 4.68 Å².